The smallest absolute Gasteiger partial charge is 0.238 e. The van der Waals surface area contributed by atoms with Gasteiger partial charge in [-0.05, 0) is 47.8 Å². The van der Waals surface area contributed by atoms with Crippen molar-refractivity contribution < 1.29 is 13.2 Å². The number of sulfonamides is 1. The van der Waals surface area contributed by atoms with E-state index in [1.54, 1.807) is 35.7 Å². The lowest BCUT2D eigenvalue weighted by Gasteiger charge is -2.09. The summed E-state index contributed by atoms with van der Waals surface area (Å²) in [5.74, 6) is 0.234. The molecule has 0 aliphatic rings. The summed E-state index contributed by atoms with van der Waals surface area (Å²) in [6.45, 7) is 0. The van der Waals surface area contributed by atoms with Crippen LogP contribution in [0.3, 0.4) is 0 Å². The Morgan fingerprint density at radius 2 is 1.81 bits per heavy atom. The number of primary sulfonamides is 1. The van der Waals surface area contributed by atoms with Gasteiger partial charge in [-0.1, -0.05) is 24.3 Å². The van der Waals surface area contributed by atoms with Gasteiger partial charge in [-0.15, -0.1) is 11.3 Å². The van der Waals surface area contributed by atoms with E-state index in [4.69, 9.17) is 5.14 Å². The Kier molecular flexibility index (Phi) is 6.26. The molecule has 32 heavy (non-hydrogen) atoms. The molecule has 0 fully saturated rings. The van der Waals surface area contributed by atoms with E-state index in [1.165, 1.54) is 12.1 Å². The maximum absolute atomic E-state index is 12.2. The van der Waals surface area contributed by atoms with Gasteiger partial charge in [-0.25, -0.2) is 23.5 Å². The molecule has 8 nitrogen and oxygen atoms in total. The molecule has 0 unspecified atom stereocenters. The number of nitrogens with zero attached hydrogens (tertiary/aromatic N) is 2. The van der Waals surface area contributed by atoms with Gasteiger partial charge >= 0.3 is 0 Å². The highest BCUT2D eigenvalue weighted by atomic mass is 32.2. The molecule has 0 saturated carbocycles. The van der Waals surface area contributed by atoms with Gasteiger partial charge in [0.2, 0.25) is 21.9 Å². The number of anilines is 3. The summed E-state index contributed by atoms with van der Waals surface area (Å²) in [7, 11) is -3.81. The lowest BCUT2D eigenvalue weighted by molar-refractivity contribution is -0.115. The number of nitrogens with two attached hydrogens (primary N) is 1. The summed E-state index contributed by atoms with van der Waals surface area (Å²) in [5, 5.41) is 13.0. The lowest BCUT2D eigenvalue weighted by atomic mass is 10.1. The van der Waals surface area contributed by atoms with Crippen LogP contribution in [-0.2, 0) is 21.2 Å². The quantitative estimate of drug-likeness (QED) is 0.381. The highest BCUT2D eigenvalue weighted by Crippen LogP contribution is 2.22. The molecule has 0 aliphatic carbocycles. The summed E-state index contributed by atoms with van der Waals surface area (Å²) < 4.78 is 23.1. The van der Waals surface area contributed by atoms with Crippen molar-refractivity contribution in [1.29, 1.82) is 0 Å². The largest absolute Gasteiger partial charge is 0.326 e. The molecular formula is C22H19N5O3S2. The van der Waals surface area contributed by atoms with E-state index in [-0.39, 0.29) is 10.8 Å². The van der Waals surface area contributed by atoms with Crippen LogP contribution < -0.4 is 15.8 Å². The summed E-state index contributed by atoms with van der Waals surface area (Å²) in [6.07, 6.45) is 1.94. The zero-order valence-electron chi connectivity index (χ0n) is 16.7. The molecule has 0 radical (unpaired) electrons. The molecule has 10 heteroatoms. The molecule has 1 amide bonds. The van der Waals surface area contributed by atoms with Crippen LogP contribution in [0.2, 0.25) is 0 Å². The Morgan fingerprint density at radius 3 is 2.53 bits per heavy atom. The van der Waals surface area contributed by atoms with Crippen molar-refractivity contribution in [2.24, 2.45) is 5.14 Å². The molecule has 0 aliphatic heterocycles. The molecule has 4 rings (SSSR count). The van der Waals surface area contributed by atoms with Crippen molar-refractivity contribution in [3.63, 3.8) is 0 Å². The average molecular weight is 466 g/mol. The van der Waals surface area contributed by atoms with Gasteiger partial charge in [0.05, 0.1) is 17.0 Å². The van der Waals surface area contributed by atoms with Crippen LogP contribution in [0.15, 0.2) is 83.2 Å². The molecule has 0 spiro atoms. The zero-order chi connectivity index (χ0) is 22.6. The van der Waals surface area contributed by atoms with E-state index in [0.29, 0.717) is 29.4 Å². The minimum atomic E-state index is -3.81. The molecule has 162 valence electrons. The Morgan fingerprint density at radius 1 is 1.00 bits per heavy atom. The van der Waals surface area contributed by atoms with Gasteiger partial charge in [-0.3, -0.25) is 4.79 Å². The number of hydrogen-bond donors (Lipinski definition) is 3. The van der Waals surface area contributed by atoms with Crippen LogP contribution >= 0.6 is 11.3 Å². The van der Waals surface area contributed by atoms with E-state index >= 15 is 0 Å². The Bertz CT molecular complexity index is 1340. The molecule has 0 bridgehead atoms. The van der Waals surface area contributed by atoms with Gasteiger partial charge in [-0.2, -0.15) is 0 Å². The molecule has 0 atom stereocenters. The van der Waals surface area contributed by atoms with Gasteiger partial charge < -0.3 is 10.6 Å². The first-order chi connectivity index (χ1) is 15.4. The molecule has 2 aromatic heterocycles. The third kappa shape index (κ3) is 5.55. The summed E-state index contributed by atoms with van der Waals surface area (Å²) in [4.78, 5) is 21.8. The highest BCUT2D eigenvalue weighted by molar-refractivity contribution is 7.89. The second-order valence-electron chi connectivity index (χ2n) is 6.84. The number of benzene rings is 2. The van der Waals surface area contributed by atoms with E-state index in [1.807, 2.05) is 41.8 Å². The van der Waals surface area contributed by atoms with Crippen molar-refractivity contribution >= 4 is 44.6 Å². The first kappa shape index (κ1) is 21.6. The highest BCUT2D eigenvalue weighted by Gasteiger charge is 2.10. The Balaban J connectivity index is 1.45. The zero-order valence-corrected chi connectivity index (χ0v) is 18.4. The minimum absolute atomic E-state index is 0.00429. The monoisotopic (exact) mass is 465 g/mol. The van der Waals surface area contributed by atoms with E-state index in [0.717, 1.165) is 10.4 Å². The van der Waals surface area contributed by atoms with Crippen molar-refractivity contribution in [2.75, 3.05) is 10.6 Å². The Labute approximate surface area is 189 Å². The van der Waals surface area contributed by atoms with Crippen LogP contribution in [-0.4, -0.2) is 24.3 Å². The van der Waals surface area contributed by atoms with Gasteiger partial charge in [0.1, 0.15) is 0 Å². The number of amides is 1. The van der Waals surface area contributed by atoms with Crippen molar-refractivity contribution in [3.8, 4) is 11.3 Å². The Hall–Kier alpha value is -3.60. The summed E-state index contributed by atoms with van der Waals surface area (Å²) >= 11 is 1.55. The number of rotatable bonds is 7. The number of carbonyl (C=O) groups is 1. The molecule has 0 saturated heterocycles. The number of nitrogens with one attached hydrogen (secondary N) is 2. The van der Waals surface area contributed by atoms with Crippen LogP contribution in [0.5, 0.6) is 0 Å². The van der Waals surface area contributed by atoms with E-state index < -0.39 is 10.0 Å². The number of thiophene rings is 1. The molecular weight excluding hydrogens is 446 g/mol. The molecule has 2 heterocycles. The minimum Gasteiger partial charge on any atom is -0.326 e. The van der Waals surface area contributed by atoms with Crippen molar-refractivity contribution in [3.05, 3.63) is 83.2 Å². The van der Waals surface area contributed by atoms with Crippen molar-refractivity contribution in [1.82, 2.24) is 9.97 Å². The van der Waals surface area contributed by atoms with Gasteiger partial charge in [0, 0.05) is 28.0 Å². The standard InChI is InChI=1S/C22H19N5O3S2/c23-32(29,30)19-5-1-3-17(13-19)26-22-24-11-10-20(27-22)15-6-8-16(9-7-15)25-21(28)14-18-4-2-12-31-18/h1-13H,14H2,(H,25,28)(H2,23,29,30)(H,24,26,27). The maximum atomic E-state index is 12.2. The third-order valence-corrected chi connectivity index (χ3v) is 6.24. The first-order valence-electron chi connectivity index (χ1n) is 9.52. The van der Waals surface area contributed by atoms with Crippen molar-refractivity contribution in [2.45, 2.75) is 11.3 Å². The van der Waals surface area contributed by atoms with E-state index in [9.17, 15) is 13.2 Å². The first-order valence-corrected chi connectivity index (χ1v) is 11.9. The number of aromatic nitrogens is 2. The number of hydrogen-bond acceptors (Lipinski definition) is 7. The summed E-state index contributed by atoms with van der Waals surface area (Å²) in [6, 6.07) is 19.1. The molecule has 2 aromatic carbocycles. The second kappa shape index (κ2) is 9.27. The topological polar surface area (TPSA) is 127 Å². The van der Waals surface area contributed by atoms with Gasteiger partial charge in [0.25, 0.3) is 0 Å². The fourth-order valence-electron chi connectivity index (χ4n) is 2.96. The third-order valence-electron chi connectivity index (χ3n) is 4.45. The predicted molar refractivity (Wildman–Crippen MR) is 125 cm³/mol. The normalized spacial score (nSPS) is 11.2. The fraction of sp³-hybridized carbons (Fsp3) is 0.0455. The number of carbonyl (C=O) groups excluding carboxylic acids is 1. The lowest BCUT2D eigenvalue weighted by Crippen LogP contribution is -2.13. The van der Waals surface area contributed by atoms with E-state index in [2.05, 4.69) is 20.6 Å². The van der Waals surface area contributed by atoms with Crippen LogP contribution in [0.4, 0.5) is 17.3 Å². The van der Waals surface area contributed by atoms with Crippen LogP contribution in [0, 0.1) is 0 Å². The average Bonchev–Trinajstić information content (AvgIpc) is 3.27. The maximum Gasteiger partial charge on any atom is 0.238 e. The molecule has 4 aromatic rings. The summed E-state index contributed by atoms with van der Waals surface area (Å²) in [5.41, 5.74) is 2.70. The van der Waals surface area contributed by atoms with Crippen LogP contribution in [0.25, 0.3) is 11.3 Å². The predicted octanol–water partition coefficient (Wildman–Crippen LogP) is 3.78. The van der Waals surface area contributed by atoms with Crippen LogP contribution in [0.1, 0.15) is 4.88 Å². The van der Waals surface area contributed by atoms with Gasteiger partial charge in [0.15, 0.2) is 0 Å². The SMILES string of the molecule is NS(=O)(=O)c1cccc(Nc2nccc(-c3ccc(NC(=O)Cc4cccs4)cc3)n2)c1. The second-order valence-corrected chi connectivity index (χ2v) is 9.44. The fourth-order valence-corrected chi connectivity index (χ4v) is 4.22. The molecule has 4 N–H and O–H groups in total.